The number of benzene rings is 2. The molecule has 7 rings (SSSR count). The van der Waals surface area contributed by atoms with Crippen molar-refractivity contribution >= 4 is 0 Å². The van der Waals surface area contributed by atoms with Crippen molar-refractivity contribution in [2.24, 2.45) is 5.73 Å². The Labute approximate surface area is 239 Å². The molecule has 216 valence electrons. The Balaban J connectivity index is 1.17. The summed E-state index contributed by atoms with van der Waals surface area (Å²) >= 11 is 0. The largest absolute Gasteiger partial charge is 0.367 e. The minimum atomic E-state index is -0.765. The molecule has 40 heavy (non-hydrogen) atoms. The van der Waals surface area contributed by atoms with Gasteiger partial charge in [-0.2, -0.15) is 0 Å². The van der Waals surface area contributed by atoms with Crippen LogP contribution in [0.15, 0.2) is 36.4 Å². The average Bonchev–Trinajstić information content (AvgIpc) is 3.12. The van der Waals surface area contributed by atoms with Crippen LogP contribution in [0, 0.1) is 0 Å². The van der Waals surface area contributed by atoms with Crippen LogP contribution in [0.5, 0.6) is 0 Å². The lowest BCUT2D eigenvalue weighted by molar-refractivity contribution is -0.328. The molecule has 6 unspecified atom stereocenters. The Bertz CT molecular complexity index is 1280. The summed E-state index contributed by atoms with van der Waals surface area (Å²) in [6.45, 7) is 17.1. The second-order valence-corrected chi connectivity index (χ2v) is 14.9. The predicted molar refractivity (Wildman–Crippen MR) is 156 cm³/mol. The van der Waals surface area contributed by atoms with Crippen molar-refractivity contribution in [3.8, 4) is 11.1 Å². The average molecular weight is 547 g/mol. The second-order valence-electron chi connectivity index (χ2n) is 14.9. The molecule has 2 aromatic rings. The maximum Gasteiger partial charge on any atom is 0.120 e. The fourth-order valence-corrected chi connectivity index (χ4v) is 7.49. The number of ether oxygens (including phenoxy) is 4. The van der Waals surface area contributed by atoms with Gasteiger partial charge in [-0.15, -0.1) is 0 Å². The molecule has 0 radical (unpaired) electrons. The summed E-state index contributed by atoms with van der Waals surface area (Å²) in [6.07, 6.45) is 2.35. The van der Waals surface area contributed by atoms with Gasteiger partial charge in [-0.1, -0.05) is 36.4 Å². The number of nitrogens with two attached hydrogens (primary N) is 1. The molecule has 2 heterocycles. The molecule has 2 aromatic carbocycles. The van der Waals surface area contributed by atoms with E-state index in [4.69, 9.17) is 24.7 Å². The molecule has 3 N–H and O–H groups in total. The first-order valence-electron chi connectivity index (χ1n) is 15.1. The van der Waals surface area contributed by atoms with Crippen LogP contribution in [0.4, 0.5) is 0 Å². The molecule has 0 amide bonds. The zero-order valence-corrected chi connectivity index (χ0v) is 25.6. The number of rotatable bonds is 3. The summed E-state index contributed by atoms with van der Waals surface area (Å²) in [4.78, 5) is 0. The summed E-state index contributed by atoms with van der Waals surface area (Å²) in [5, 5.41) is 3.48. The minimum absolute atomic E-state index is 0.0664. The molecule has 2 aliphatic heterocycles. The zero-order chi connectivity index (χ0) is 28.6. The highest BCUT2D eigenvalue weighted by atomic mass is 16.6. The van der Waals surface area contributed by atoms with Gasteiger partial charge >= 0.3 is 0 Å². The molecule has 6 nitrogen and oxygen atoms in total. The Morgan fingerprint density at radius 1 is 0.625 bits per heavy atom. The Morgan fingerprint density at radius 2 is 1.00 bits per heavy atom. The lowest BCUT2D eigenvalue weighted by Crippen LogP contribution is -2.66. The van der Waals surface area contributed by atoms with Crippen LogP contribution >= 0.6 is 0 Å². The van der Waals surface area contributed by atoms with Gasteiger partial charge in [-0.3, -0.25) is 5.32 Å². The lowest BCUT2D eigenvalue weighted by atomic mass is 9.70. The zero-order valence-electron chi connectivity index (χ0n) is 25.6. The third-order valence-corrected chi connectivity index (χ3v) is 11.6. The summed E-state index contributed by atoms with van der Waals surface area (Å²) in [5.74, 6) is 0.600. The number of nitrogens with one attached hydrogen (secondary N) is 1. The molecule has 3 aliphatic carbocycles. The van der Waals surface area contributed by atoms with E-state index < -0.39 is 5.66 Å². The fourth-order valence-electron chi connectivity index (χ4n) is 7.49. The third kappa shape index (κ3) is 3.50. The Morgan fingerprint density at radius 3 is 1.38 bits per heavy atom. The molecule has 6 heteroatoms. The van der Waals surface area contributed by atoms with Crippen molar-refractivity contribution < 1.29 is 18.9 Å². The van der Waals surface area contributed by atoms with Gasteiger partial charge < -0.3 is 24.7 Å². The molecule has 6 atom stereocenters. The van der Waals surface area contributed by atoms with Crippen molar-refractivity contribution in [1.29, 1.82) is 0 Å². The molecule has 5 aliphatic rings. The van der Waals surface area contributed by atoms with Gasteiger partial charge in [-0.25, -0.2) is 0 Å². The van der Waals surface area contributed by atoms with Crippen LogP contribution in [-0.2, 0) is 24.6 Å². The van der Waals surface area contributed by atoms with E-state index in [2.05, 4.69) is 97.1 Å². The maximum atomic E-state index is 7.24. The van der Waals surface area contributed by atoms with Gasteiger partial charge in [0.25, 0.3) is 0 Å². The highest BCUT2D eigenvalue weighted by molar-refractivity contribution is 5.81. The highest BCUT2D eigenvalue weighted by Crippen LogP contribution is 2.55. The summed E-state index contributed by atoms with van der Waals surface area (Å²) in [7, 11) is 1.96. The van der Waals surface area contributed by atoms with E-state index in [1.807, 2.05) is 7.05 Å². The first-order valence-corrected chi connectivity index (χ1v) is 15.1. The number of fused-ring (bicyclic) bond motifs is 5. The van der Waals surface area contributed by atoms with Gasteiger partial charge in [0.2, 0.25) is 0 Å². The van der Waals surface area contributed by atoms with Gasteiger partial charge in [-0.05, 0) is 109 Å². The maximum absolute atomic E-state index is 7.24. The minimum Gasteiger partial charge on any atom is -0.367 e. The molecular formula is C34H46N2O4. The van der Waals surface area contributed by atoms with Crippen LogP contribution in [-0.4, -0.2) is 53.9 Å². The molecular weight excluding hydrogens is 500 g/mol. The third-order valence-electron chi connectivity index (χ3n) is 11.6. The molecule has 0 spiro atoms. The number of hydrogen-bond donors (Lipinski definition) is 2. The molecule has 2 saturated heterocycles. The molecule has 2 saturated carbocycles. The monoisotopic (exact) mass is 546 g/mol. The van der Waals surface area contributed by atoms with E-state index in [-0.39, 0.29) is 46.8 Å². The van der Waals surface area contributed by atoms with E-state index in [0.29, 0.717) is 11.8 Å². The van der Waals surface area contributed by atoms with Gasteiger partial charge in [0, 0.05) is 11.8 Å². The molecule has 0 bridgehead atoms. The smallest absolute Gasteiger partial charge is 0.120 e. The van der Waals surface area contributed by atoms with Gasteiger partial charge in [0.1, 0.15) is 5.66 Å². The van der Waals surface area contributed by atoms with Crippen LogP contribution in [0.3, 0.4) is 0 Å². The van der Waals surface area contributed by atoms with Gasteiger partial charge in [0.05, 0.1) is 46.8 Å². The van der Waals surface area contributed by atoms with Crippen LogP contribution < -0.4 is 11.1 Å². The van der Waals surface area contributed by atoms with Crippen molar-refractivity contribution in [2.75, 3.05) is 7.05 Å². The van der Waals surface area contributed by atoms with Crippen molar-refractivity contribution in [3.05, 3.63) is 58.7 Å². The standard InChI is InChI=1S/C34H46N2O4/c1-30(2)32(5,6)39-28-22(16-26(28)37-30)18-10-12-20-21-13-11-19(15-25(21)34(35,36-9)24(20)14-18)23-17-27-29(23)40-33(7,8)31(3,4)38-27/h10-15,22-23,26-29,36H,16-17,35H2,1-9H3. The predicted octanol–water partition coefficient (Wildman–Crippen LogP) is 5.70. The first kappa shape index (κ1) is 27.1. The van der Waals surface area contributed by atoms with Crippen LogP contribution in [0.2, 0.25) is 0 Å². The van der Waals surface area contributed by atoms with E-state index in [1.165, 1.54) is 22.3 Å². The number of hydrogen-bond acceptors (Lipinski definition) is 6. The fraction of sp³-hybridized carbons (Fsp3) is 0.647. The normalized spacial score (nSPS) is 39.1. The second kappa shape index (κ2) is 8.18. The van der Waals surface area contributed by atoms with Gasteiger partial charge in [0.15, 0.2) is 0 Å². The molecule has 0 aromatic heterocycles. The molecule has 4 fully saturated rings. The topological polar surface area (TPSA) is 75.0 Å². The van der Waals surface area contributed by atoms with Crippen molar-refractivity contribution in [1.82, 2.24) is 5.32 Å². The highest BCUT2D eigenvalue weighted by Gasteiger charge is 2.58. The first-order chi connectivity index (χ1) is 18.6. The van der Waals surface area contributed by atoms with Crippen LogP contribution in [0.1, 0.15) is 102 Å². The van der Waals surface area contributed by atoms with E-state index >= 15 is 0 Å². The SMILES string of the molecule is CNC1(N)c2cc(C3CC4OC(C)(C)C(C)(C)OC43)ccc2-c2ccc(C3CC4OC(C)(C)C(C)(C)OC43)cc21. The van der Waals surface area contributed by atoms with E-state index in [9.17, 15) is 0 Å². The van der Waals surface area contributed by atoms with Crippen molar-refractivity contribution in [3.63, 3.8) is 0 Å². The van der Waals surface area contributed by atoms with E-state index in [0.717, 1.165) is 24.0 Å². The Kier molecular flexibility index (Phi) is 5.53. The van der Waals surface area contributed by atoms with Crippen molar-refractivity contribution in [2.45, 2.75) is 133 Å². The Hall–Kier alpha value is -1.80. The lowest BCUT2D eigenvalue weighted by Gasteiger charge is -2.58. The van der Waals surface area contributed by atoms with Crippen LogP contribution in [0.25, 0.3) is 11.1 Å². The summed E-state index contributed by atoms with van der Waals surface area (Å²) in [6, 6.07) is 13.7. The quantitative estimate of drug-likeness (QED) is 0.481. The van der Waals surface area contributed by atoms with E-state index in [1.54, 1.807) is 0 Å². The summed E-state index contributed by atoms with van der Waals surface area (Å²) in [5.41, 5.74) is 12.4. The summed E-state index contributed by atoms with van der Waals surface area (Å²) < 4.78 is 26.3.